The Morgan fingerprint density at radius 3 is 2.53 bits per heavy atom. The first-order valence-corrected chi connectivity index (χ1v) is 13.2. The van der Waals surface area contributed by atoms with Crippen molar-refractivity contribution in [3.8, 4) is 0 Å². The van der Waals surface area contributed by atoms with E-state index in [4.69, 9.17) is 0 Å². The quantitative estimate of drug-likeness (QED) is 0.470. The van der Waals surface area contributed by atoms with E-state index in [2.05, 4.69) is 71.1 Å². The van der Waals surface area contributed by atoms with E-state index in [9.17, 15) is 4.79 Å². The summed E-state index contributed by atoms with van der Waals surface area (Å²) in [6.45, 7) is 8.68. The Bertz CT molecular complexity index is 913. The molecule has 0 aliphatic carbocycles. The van der Waals surface area contributed by atoms with Crippen molar-refractivity contribution < 1.29 is 4.79 Å². The molecule has 2 fully saturated rings. The van der Waals surface area contributed by atoms with Crippen LogP contribution in [0, 0.1) is 12.8 Å². The standard InChI is InChI=1S/C28H37BrN2O/c1-21-9-10-27(29)26(17-21)19-23-11-15-30(16-12-23)22(2)18-24-7-6-8-25(20-24)28(32)31-13-4-3-5-14-31/h6-10,17,20,22-23H,3-5,11-16,18-19H2,1-2H3. The highest BCUT2D eigenvalue weighted by atomic mass is 79.9. The number of halogens is 1. The molecule has 2 saturated heterocycles. The van der Waals surface area contributed by atoms with Gasteiger partial charge in [0.1, 0.15) is 0 Å². The molecule has 1 unspecified atom stereocenters. The summed E-state index contributed by atoms with van der Waals surface area (Å²) >= 11 is 3.73. The van der Waals surface area contributed by atoms with Crippen molar-refractivity contribution in [1.29, 1.82) is 0 Å². The second kappa shape index (κ2) is 11.0. The fraction of sp³-hybridized carbons (Fsp3) is 0.536. The van der Waals surface area contributed by atoms with E-state index in [1.54, 1.807) is 0 Å². The number of piperidine rings is 2. The summed E-state index contributed by atoms with van der Waals surface area (Å²) in [4.78, 5) is 17.6. The molecule has 0 bridgehead atoms. The second-order valence-electron chi connectivity index (χ2n) is 9.88. The van der Waals surface area contributed by atoms with Gasteiger partial charge in [-0.1, -0.05) is 45.8 Å². The number of amides is 1. The van der Waals surface area contributed by atoms with Crippen LogP contribution in [0.2, 0.25) is 0 Å². The zero-order chi connectivity index (χ0) is 22.5. The van der Waals surface area contributed by atoms with Gasteiger partial charge in [0, 0.05) is 29.2 Å². The van der Waals surface area contributed by atoms with Crippen LogP contribution >= 0.6 is 15.9 Å². The minimum absolute atomic E-state index is 0.210. The maximum atomic E-state index is 12.9. The van der Waals surface area contributed by atoms with Gasteiger partial charge in [-0.25, -0.2) is 0 Å². The first-order valence-electron chi connectivity index (χ1n) is 12.4. The highest BCUT2D eigenvalue weighted by Gasteiger charge is 2.24. The Morgan fingerprint density at radius 1 is 1.03 bits per heavy atom. The van der Waals surface area contributed by atoms with Crippen molar-refractivity contribution in [3.63, 3.8) is 0 Å². The largest absolute Gasteiger partial charge is 0.339 e. The SMILES string of the molecule is Cc1ccc(Br)c(CC2CCN(C(C)Cc3cccc(C(=O)N4CCCCC4)c3)CC2)c1. The summed E-state index contributed by atoms with van der Waals surface area (Å²) in [5, 5.41) is 0. The van der Waals surface area contributed by atoms with Crippen LogP contribution in [0.25, 0.3) is 0 Å². The first-order chi connectivity index (χ1) is 15.5. The van der Waals surface area contributed by atoms with Gasteiger partial charge in [-0.3, -0.25) is 4.79 Å². The Morgan fingerprint density at radius 2 is 1.78 bits per heavy atom. The summed E-state index contributed by atoms with van der Waals surface area (Å²) in [7, 11) is 0. The van der Waals surface area contributed by atoms with Gasteiger partial charge in [-0.2, -0.15) is 0 Å². The molecule has 2 aromatic rings. The predicted molar refractivity (Wildman–Crippen MR) is 136 cm³/mol. The number of carbonyl (C=O) groups excluding carboxylic acids is 1. The molecular weight excluding hydrogens is 460 g/mol. The highest BCUT2D eigenvalue weighted by molar-refractivity contribution is 9.10. The third kappa shape index (κ3) is 6.02. The highest BCUT2D eigenvalue weighted by Crippen LogP contribution is 2.28. The Labute approximate surface area is 202 Å². The minimum atomic E-state index is 0.210. The van der Waals surface area contributed by atoms with E-state index >= 15 is 0 Å². The van der Waals surface area contributed by atoms with Gasteiger partial charge < -0.3 is 9.80 Å². The minimum Gasteiger partial charge on any atom is -0.339 e. The molecule has 0 saturated carbocycles. The van der Waals surface area contributed by atoms with Crippen LogP contribution in [0.3, 0.4) is 0 Å². The number of benzene rings is 2. The third-order valence-corrected chi connectivity index (χ3v) is 8.10. The van der Waals surface area contributed by atoms with Gasteiger partial charge in [0.2, 0.25) is 0 Å². The number of hydrogen-bond donors (Lipinski definition) is 0. The summed E-state index contributed by atoms with van der Waals surface area (Å²) in [6.07, 6.45) is 8.23. The van der Waals surface area contributed by atoms with Crippen LogP contribution in [0.5, 0.6) is 0 Å². The van der Waals surface area contributed by atoms with E-state index in [1.165, 1.54) is 59.9 Å². The molecule has 2 aliphatic heterocycles. The van der Waals surface area contributed by atoms with Gasteiger partial charge in [0.05, 0.1) is 0 Å². The zero-order valence-electron chi connectivity index (χ0n) is 19.7. The number of carbonyl (C=O) groups is 1. The third-order valence-electron chi connectivity index (χ3n) is 7.33. The number of hydrogen-bond acceptors (Lipinski definition) is 2. The lowest BCUT2D eigenvalue weighted by atomic mass is 9.89. The van der Waals surface area contributed by atoms with Gasteiger partial charge in [0.15, 0.2) is 0 Å². The molecule has 1 amide bonds. The number of aryl methyl sites for hydroxylation is 1. The lowest BCUT2D eigenvalue weighted by molar-refractivity contribution is 0.0724. The van der Waals surface area contributed by atoms with Crippen LogP contribution in [0.15, 0.2) is 46.9 Å². The first kappa shape index (κ1) is 23.5. The molecular formula is C28H37BrN2O. The monoisotopic (exact) mass is 496 g/mol. The molecule has 1 atom stereocenters. The predicted octanol–water partition coefficient (Wildman–Crippen LogP) is 6.27. The molecule has 2 heterocycles. The molecule has 172 valence electrons. The summed E-state index contributed by atoms with van der Waals surface area (Å²) < 4.78 is 1.25. The average Bonchev–Trinajstić information content (AvgIpc) is 2.82. The van der Waals surface area contributed by atoms with Crippen molar-refractivity contribution in [2.75, 3.05) is 26.2 Å². The molecule has 3 nitrogen and oxygen atoms in total. The molecule has 4 rings (SSSR count). The number of nitrogens with zero attached hydrogens (tertiary/aromatic N) is 2. The molecule has 2 aliphatic rings. The maximum Gasteiger partial charge on any atom is 0.253 e. The number of likely N-dealkylation sites (tertiary alicyclic amines) is 2. The van der Waals surface area contributed by atoms with E-state index in [0.29, 0.717) is 6.04 Å². The van der Waals surface area contributed by atoms with Crippen LogP contribution in [-0.2, 0) is 12.8 Å². The van der Waals surface area contributed by atoms with Gasteiger partial charge >= 0.3 is 0 Å². The van der Waals surface area contributed by atoms with E-state index in [0.717, 1.165) is 43.8 Å². The average molecular weight is 498 g/mol. The molecule has 2 aromatic carbocycles. The molecule has 0 spiro atoms. The van der Waals surface area contributed by atoms with E-state index < -0.39 is 0 Å². The Balaban J connectivity index is 1.30. The smallest absolute Gasteiger partial charge is 0.253 e. The van der Waals surface area contributed by atoms with E-state index in [-0.39, 0.29) is 5.91 Å². The molecule has 0 N–H and O–H groups in total. The number of rotatable bonds is 6. The molecule has 4 heteroatoms. The fourth-order valence-electron chi connectivity index (χ4n) is 5.35. The zero-order valence-corrected chi connectivity index (χ0v) is 21.2. The maximum absolute atomic E-state index is 12.9. The van der Waals surface area contributed by atoms with Crippen molar-refractivity contribution in [2.24, 2.45) is 5.92 Å². The lowest BCUT2D eigenvalue weighted by Crippen LogP contribution is -2.41. The van der Waals surface area contributed by atoms with Crippen LogP contribution in [0.4, 0.5) is 0 Å². The lowest BCUT2D eigenvalue weighted by Gasteiger charge is -2.36. The van der Waals surface area contributed by atoms with Crippen molar-refractivity contribution >= 4 is 21.8 Å². The molecule has 32 heavy (non-hydrogen) atoms. The molecule has 0 radical (unpaired) electrons. The Hall–Kier alpha value is -1.65. The van der Waals surface area contributed by atoms with Crippen molar-refractivity contribution in [2.45, 2.75) is 64.8 Å². The Kier molecular flexibility index (Phi) is 8.07. The van der Waals surface area contributed by atoms with Crippen molar-refractivity contribution in [3.05, 3.63) is 69.2 Å². The topological polar surface area (TPSA) is 23.6 Å². The second-order valence-corrected chi connectivity index (χ2v) is 10.7. The fourth-order valence-corrected chi connectivity index (χ4v) is 5.76. The van der Waals surface area contributed by atoms with Gasteiger partial charge in [-0.15, -0.1) is 0 Å². The van der Waals surface area contributed by atoms with Gasteiger partial charge in [-0.05, 0) is 107 Å². The van der Waals surface area contributed by atoms with Gasteiger partial charge in [0.25, 0.3) is 5.91 Å². The summed E-state index contributed by atoms with van der Waals surface area (Å²) in [5.41, 5.74) is 4.94. The summed E-state index contributed by atoms with van der Waals surface area (Å²) in [5.74, 6) is 0.976. The van der Waals surface area contributed by atoms with Crippen LogP contribution in [0.1, 0.15) is 66.1 Å². The molecule has 0 aromatic heterocycles. The van der Waals surface area contributed by atoms with Crippen molar-refractivity contribution in [1.82, 2.24) is 9.80 Å². The normalized spacial score (nSPS) is 19.2. The van der Waals surface area contributed by atoms with Crippen LogP contribution < -0.4 is 0 Å². The van der Waals surface area contributed by atoms with Crippen LogP contribution in [-0.4, -0.2) is 47.9 Å². The van der Waals surface area contributed by atoms with E-state index in [1.807, 2.05) is 11.0 Å². The summed E-state index contributed by atoms with van der Waals surface area (Å²) in [6, 6.07) is 15.6.